The van der Waals surface area contributed by atoms with Gasteiger partial charge in [-0.1, -0.05) is 74.5 Å². The first-order valence-electron chi connectivity index (χ1n) is 14.4. The summed E-state index contributed by atoms with van der Waals surface area (Å²) in [6.07, 6.45) is -4.55. The molecule has 0 aliphatic carbocycles. The van der Waals surface area contributed by atoms with E-state index in [1.807, 2.05) is 0 Å². The van der Waals surface area contributed by atoms with Gasteiger partial charge in [-0.2, -0.15) is 0 Å². The standard InChI is InChI=1S/C28H32B3O12P2/c1-17-23-21(40-25(17)29)15-38-45(35,28(33)37-14-20-11-7-4-8-12-20)43-24-18(2)26(31-30)41-22(24)16-39-44(34,42-23)27(32)36-13-19-9-5-3-6-10-19/h3-12,17-18,21-26H,13-16H2,1-2H3/t17-,18-,21-,22-,23+,24+,25?,26-,44?,45?/m1/s1. The fourth-order valence-corrected chi connectivity index (χ4v) is 8.12. The van der Waals surface area contributed by atoms with Crippen LogP contribution in [0.15, 0.2) is 60.7 Å². The molecule has 3 aliphatic rings. The van der Waals surface area contributed by atoms with Crippen LogP contribution in [0, 0.1) is 11.8 Å². The molecule has 10 atom stereocenters. The lowest BCUT2D eigenvalue weighted by Gasteiger charge is -2.31. The Bertz CT molecular complexity index is 1420. The van der Waals surface area contributed by atoms with E-state index in [-0.39, 0.29) is 13.2 Å². The molecule has 0 aromatic heterocycles. The van der Waals surface area contributed by atoms with Crippen LogP contribution in [0.1, 0.15) is 25.0 Å². The van der Waals surface area contributed by atoms with Crippen LogP contribution >= 0.6 is 15.2 Å². The highest BCUT2D eigenvalue weighted by Crippen LogP contribution is 2.58. The van der Waals surface area contributed by atoms with Crippen LogP contribution in [0.5, 0.6) is 0 Å². The van der Waals surface area contributed by atoms with Crippen molar-refractivity contribution in [2.24, 2.45) is 11.8 Å². The summed E-state index contributed by atoms with van der Waals surface area (Å²) >= 11 is 0. The van der Waals surface area contributed by atoms with Crippen molar-refractivity contribution in [1.29, 1.82) is 0 Å². The molecule has 12 nitrogen and oxygen atoms in total. The van der Waals surface area contributed by atoms with Crippen LogP contribution in [0.4, 0.5) is 9.59 Å². The first-order chi connectivity index (χ1) is 21.5. The largest absolute Gasteiger partial charge is 0.452 e. The van der Waals surface area contributed by atoms with Gasteiger partial charge in [-0.25, -0.2) is 18.7 Å². The van der Waals surface area contributed by atoms with Crippen LogP contribution in [-0.4, -0.2) is 83.8 Å². The molecule has 45 heavy (non-hydrogen) atoms. The van der Waals surface area contributed by atoms with Crippen LogP contribution in [0.25, 0.3) is 0 Å². The summed E-state index contributed by atoms with van der Waals surface area (Å²) < 4.78 is 73.8. The van der Waals surface area contributed by atoms with Gasteiger partial charge in [0.05, 0.1) is 20.4 Å². The Morgan fingerprint density at radius 2 is 1.22 bits per heavy atom. The van der Waals surface area contributed by atoms with Gasteiger partial charge in [0.25, 0.3) is 0 Å². The second-order valence-electron chi connectivity index (χ2n) is 11.0. The number of hydrogen-bond donors (Lipinski definition) is 0. The van der Waals surface area contributed by atoms with Crippen molar-refractivity contribution in [3.63, 3.8) is 0 Å². The molecule has 17 heteroatoms. The number of benzene rings is 2. The fraction of sp³-hybridized carbons (Fsp3) is 0.500. The van der Waals surface area contributed by atoms with Gasteiger partial charge >= 0.3 is 26.6 Å². The molecule has 0 N–H and O–H groups in total. The maximum absolute atomic E-state index is 14.2. The summed E-state index contributed by atoms with van der Waals surface area (Å²) in [7, 11) is 3.72. The molecule has 3 unspecified atom stereocenters. The third-order valence-electron chi connectivity index (χ3n) is 7.86. The Kier molecular flexibility index (Phi) is 11.1. The molecule has 3 aliphatic heterocycles. The molecule has 0 spiro atoms. The molecule has 0 saturated carbocycles. The Hall–Kier alpha value is -2.21. The minimum atomic E-state index is -4.71. The number of carbonyl (C=O) groups excluding carboxylic acids is 2. The van der Waals surface area contributed by atoms with Gasteiger partial charge in [-0.3, -0.25) is 18.1 Å². The van der Waals surface area contributed by atoms with Crippen molar-refractivity contribution >= 4 is 49.4 Å². The fourth-order valence-electron chi connectivity index (χ4n) is 5.19. The third kappa shape index (κ3) is 7.85. The maximum Gasteiger partial charge on any atom is 0.438 e. The molecule has 3 heterocycles. The van der Waals surface area contributed by atoms with Crippen molar-refractivity contribution in [1.82, 2.24) is 0 Å². The molecular formula is C28H32B3O12P2. The summed E-state index contributed by atoms with van der Waals surface area (Å²) in [6, 6.07) is 15.9. The summed E-state index contributed by atoms with van der Waals surface area (Å²) in [4.78, 5) is 26.6. The Labute approximate surface area is 265 Å². The maximum atomic E-state index is 14.2. The van der Waals surface area contributed by atoms with E-state index in [2.05, 4.69) is 0 Å². The lowest BCUT2D eigenvalue weighted by molar-refractivity contribution is -0.0280. The third-order valence-corrected chi connectivity index (χ3v) is 11.0. The van der Waals surface area contributed by atoms with Crippen LogP contribution in [-0.2, 0) is 59.4 Å². The van der Waals surface area contributed by atoms with E-state index < -0.39 is 88.1 Å². The van der Waals surface area contributed by atoms with Crippen molar-refractivity contribution in [2.45, 2.75) is 63.5 Å². The average molecular weight is 655 g/mol. The minimum Gasteiger partial charge on any atom is -0.452 e. The number of ether oxygens (including phenoxy) is 4. The first kappa shape index (κ1) is 34.1. The highest BCUT2D eigenvalue weighted by atomic mass is 31.2. The van der Waals surface area contributed by atoms with Gasteiger partial charge in [-0.05, 0) is 11.1 Å². The number of fused-ring (bicyclic) bond motifs is 2. The number of carbonyl (C=O) groups is 2. The van der Waals surface area contributed by atoms with Crippen molar-refractivity contribution < 1.29 is 55.8 Å². The summed E-state index contributed by atoms with van der Waals surface area (Å²) in [5.74, 6) is -1.22. The van der Waals surface area contributed by atoms with E-state index in [4.69, 9.17) is 52.6 Å². The van der Waals surface area contributed by atoms with Crippen LogP contribution in [0.3, 0.4) is 0 Å². The highest BCUT2D eigenvalue weighted by Gasteiger charge is 2.54. The quantitative estimate of drug-likeness (QED) is 0.306. The van der Waals surface area contributed by atoms with Gasteiger partial charge in [0.2, 0.25) is 0 Å². The summed E-state index contributed by atoms with van der Waals surface area (Å²) in [6.45, 7) is 1.84. The van der Waals surface area contributed by atoms with Gasteiger partial charge < -0.3 is 18.9 Å². The SMILES string of the molecule is [B][B][C@@H]1O[C@@H]2COP(=O)(C(=O)OCc3ccccc3)O[C@@H]3[C@@H](COP(=O)(C(=O)OCc4ccccc4)O[C@H]2[C@H]1C)OC([B])[C@@H]3C. The zero-order chi connectivity index (χ0) is 32.2. The lowest BCUT2D eigenvalue weighted by Crippen LogP contribution is -2.37. The summed E-state index contributed by atoms with van der Waals surface area (Å²) in [5.41, 5.74) is -1.18. The molecule has 235 valence electrons. The van der Waals surface area contributed by atoms with Crippen LogP contribution in [0.2, 0.25) is 0 Å². The normalized spacial score (nSPS) is 36.8. The van der Waals surface area contributed by atoms with Gasteiger partial charge in [0, 0.05) is 31.6 Å². The van der Waals surface area contributed by atoms with E-state index in [1.54, 1.807) is 74.5 Å². The van der Waals surface area contributed by atoms with Crippen molar-refractivity contribution in [2.75, 3.05) is 13.2 Å². The molecule has 3 saturated heterocycles. The second-order valence-corrected chi connectivity index (χ2v) is 14.7. The Morgan fingerprint density at radius 1 is 0.778 bits per heavy atom. The van der Waals surface area contributed by atoms with E-state index in [9.17, 15) is 18.7 Å². The monoisotopic (exact) mass is 655 g/mol. The summed E-state index contributed by atoms with van der Waals surface area (Å²) in [5, 5.41) is 0. The molecule has 5 radical (unpaired) electrons. The molecule has 3 fully saturated rings. The van der Waals surface area contributed by atoms with Crippen LogP contribution < -0.4 is 0 Å². The van der Waals surface area contributed by atoms with E-state index in [0.717, 1.165) is 0 Å². The van der Waals surface area contributed by atoms with Gasteiger partial charge in [0.15, 0.2) is 0 Å². The van der Waals surface area contributed by atoms with Gasteiger partial charge in [0.1, 0.15) is 45.5 Å². The van der Waals surface area contributed by atoms with E-state index in [1.165, 1.54) is 7.17 Å². The Balaban J connectivity index is 1.43. The minimum absolute atomic E-state index is 0.194. The first-order valence-corrected chi connectivity index (χ1v) is 17.5. The van der Waals surface area contributed by atoms with Crippen molar-refractivity contribution in [3.05, 3.63) is 71.8 Å². The highest BCUT2D eigenvalue weighted by molar-refractivity contribution is 7.71. The molecule has 0 bridgehead atoms. The molecular weight excluding hydrogens is 623 g/mol. The predicted molar refractivity (Wildman–Crippen MR) is 163 cm³/mol. The molecule has 2 aromatic rings. The molecule has 5 rings (SSSR count). The molecule has 2 aromatic carbocycles. The second kappa shape index (κ2) is 14.7. The van der Waals surface area contributed by atoms with E-state index in [0.29, 0.717) is 11.1 Å². The topological polar surface area (TPSA) is 142 Å². The van der Waals surface area contributed by atoms with E-state index >= 15 is 0 Å². The van der Waals surface area contributed by atoms with Gasteiger partial charge in [-0.15, -0.1) is 0 Å². The van der Waals surface area contributed by atoms with Crippen molar-refractivity contribution in [3.8, 4) is 0 Å². The number of rotatable bonds is 7. The molecule has 0 amide bonds. The average Bonchev–Trinajstić information content (AvgIpc) is 3.49. The zero-order valence-corrected chi connectivity index (χ0v) is 26.5. The smallest absolute Gasteiger partial charge is 0.438 e. The Morgan fingerprint density at radius 3 is 1.69 bits per heavy atom. The zero-order valence-electron chi connectivity index (χ0n) is 24.7. The predicted octanol–water partition coefficient (Wildman–Crippen LogP) is 4.54. The lowest BCUT2D eigenvalue weighted by atomic mass is 9.49. The number of hydrogen-bond acceptors (Lipinski definition) is 12.